The summed E-state index contributed by atoms with van der Waals surface area (Å²) < 4.78 is 11.7. The van der Waals surface area contributed by atoms with Gasteiger partial charge in [0.05, 0.1) is 12.6 Å². The second kappa shape index (κ2) is 8.02. The predicted octanol–water partition coefficient (Wildman–Crippen LogP) is 2.54. The van der Waals surface area contributed by atoms with Gasteiger partial charge in [-0.15, -0.1) is 0 Å². The monoisotopic (exact) mass is 380 g/mol. The fourth-order valence-electron chi connectivity index (χ4n) is 3.59. The number of nitrogens with two attached hydrogens (primary N) is 1. The molecular formula is C22H24N2O4. The highest BCUT2D eigenvalue weighted by Gasteiger charge is 2.40. The largest absolute Gasteiger partial charge is 0.484 e. The molecule has 2 aromatic rings. The third-order valence-corrected chi connectivity index (χ3v) is 5.19. The predicted molar refractivity (Wildman–Crippen MR) is 104 cm³/mol. The third kappa shape index (κ3) is 4.34. The van der Waals surface area contributed by atoms with Gasteiger partial charge in [0, 0.05) is 12.1 Å². The Bertz CT molecular complexity index is 851. The molecule has 1 heterocycles. The Balaban J connectivity index is 1.52. The molecular weight excluding hydrogens is 356 g/mol. The summed E-state index contributed by atoms with van der Waals surface area (Å²) in [6, 6.07) is 16.9. The Kier molecular flexibility index (Phi) is 5.30. The second-order valence-electron chi connectivity index (χ2n) is 7.40. The van der Waals surface area contributed by atoms with Gasteiger partial charge in [-0.3, -0.25) is 9.59 Å². The number of primary amides is 1. The van der Waals surface area contributed by atoms with Crippen LogP contribution in [0.5, 0.6) is 5.75 Å². The van der Waals surface area contributed by atoms with Crippen LogP contribution in [0.4, 0.5) is 0 Å². The molecule has 0 bridgehead atoms. The molecule has 1 saturated carbocycles. The number of amides is 2. The van der Waals surface area contributed by atoms with Crippen molar-refractivity contribution in [3.05, 3.63) is 65.7 Å². The van der Waals surface area contributed by atoms with Crippen molar-refractivity contribution in [3.63, 3.8) is 0 Å². The highest BCUT2D eigenvalue weighted by atomic mass is 16.5. The Morgan fingerprint density at radius 1 is 1.07 bits per heavy atom. The van der Waals surface area contributed by atoms with Crippen molar-refractivity contribution in [2.45, 2.75) is 25.0 Å². The van der Waals surface area contributed by atoms with E-state index in [1.807, 2.05) is 35.2 Å². The molecule has 0 spiro atoms. The summed E-state index contributed by atoms with van der Waals surface area (Å²) in [5.41, 5.74) is 6.74. The van der Waals surface area contributed by atoms with Crippen molar-refractivity contribution in [1.82, 2.24) is 4.90 Å². The molecule has 2 aromatic carbocycles. The molecule has 146 valence electrons. The molecule has 0 aromatic heterocycles. The van der Waals surface area contributed by atoms with E-state index in [-0.39, 0.29) is 24.7 Å². The van der Waals surface area contributed by atoms with E-state index < -0.39 is 5.91 Å². The van der Waals surface area contributed by atoms with Gasteiger partial charge >= 0.3 is 0 Å². The minimum Gasteiger partial charge on any atom is -0.484 e. The van der Waals surface area contributed by atoms with Crippen LogP contribution in [-0.4, -0.2) is 42.5 Å². The summed E-state index contributed by atoms with van der Waals surface area (Å²) >= 11 is 0. The van der Waals surface area contributed by atoms with E-state index in [2.05, 4.69) is 0 Å². The van der Waals surface area contributed by atoms with E-state index in [0.717, 1.165) is 18.4 Å². The lowest BCUT2D eigenvalue weighted by Crippen LogP contribution is -2.47. The van der Waals surface area contributed by atoms with Crippen LogP contribution in [0.2, 0.25) is 0 Å². The zero-order valence-electron chi connectivity index (χ0n) is 15.6. The summed E-state index contributed by atoms with van der Waals surface area (Å²) in [4.78, 5) is 26.0. The smallest absolute Gasteiger partial charge is 0.255 e. The molecule has 6 nitrogen and oxygen atoms in total. The number of carbonyl (C=O) groups excluding carboxylic acids is 2. The van der Waals surface area contributed by atoms with Gasteiger partial charge in [0.25, 0.3) is 11.8 Å². The van der Waals surface area contributed by atoms with Crippen molar-refractivity contribution >= 4 is 11.8 Å². The van der Waals surface area contributed by atoms with Crippen LogP contribution in [0, 0.1) is 5.92 Å². The Morgan fingerprint density at radius 3 is 2.57 bits per heavy atom. The molecule has 1 saturated heterocycles. The molecule has 28 heavy (non-hydrogen) atoms. The summed E-state index contributed by atoms with van der Waals surface area (Å²) in [6.45, 7) is 0.896. The first-order valence-corrected chi connectivity index (χ1v) is 9.61. The number of carbonyl (C=O) groups is 2. The topological polar surface area (TPSA) is 81.9 Å². The molecule has 2 amide bonds. The summed E-state index contributed by atoms with van der Waals surface area (Å²) in [6.07, 6.45) is 2.26. The van der Waals surface area contributed by atoms with Crippen LogP contribution in [0.3, 0.4) is 0 Å². The molecule has 6 heteroatoms. The van der Waals surface area contributed by atoms with E-state index in [1.54, 1.807) is 24.3 Å². The van der Waals surface area contributed by atoms with E-state index in [0.29, 0.717) is 30.3 Å². The number of hydrogen-bond acceptors (Lipinski definition) is 4. The lowest BCUT2D eigenvalue weighted by atomic mass is 10.0. The van der Waals surface area contributed by atoms with Gasteiger partial charge in [0.1, 0.15) is 11.9 Å². The SMILES string of the molecule is NC(=O)COc1cccc(C(=O)N2C[C@@H](c3ccccc3)O[C@@H](C3CC3)C2)c1. The van der Waals surface area contributed by atoms with Gasteiger partial charge in [0.15, 0.2) is 6.61 Å². The Morgan fingerprint density at radius 2 is 1.86 bits per heavy atom. The zero-order chi connectivity index (χ0) is 19.5. The Labute approximate surface area is 164 Å². The molecule has 1 aliphatic heterocycles. The highest BCUT2D eigenvalue weighted by molar-refractivity contribution is 5.94. The second-order valence-corrected chi connectivity index (χ2v) is 7.40. The first-order valence-electron chi connectivity index (χ1n) is 9.61. The van der Waals surface area contributed by atoms with Gasteiger partial charge in [0.2, 0.25) is 0 Å². The molecule has 0 radical (unpaired) electrons. The average Bonchev–Trinajstić information content (AvgIpc) is 3.58. The first kappa shape index (κ1) is 18.5. The van der Waals surface area contributed by atoms with Crippen molar-refractivity contribution in [2.75, 3.05) is 19.7 Å². The van der Waals surface area contributed by atoms with Crippen LogP contribution in [0.25, 0.3) is 0 Å². The van der Waals surface area contributed by atoms with Crippen molar-refractivity contribution in [3.8, 4) is 5.75 Å². The number of ether oxygens (including phenoxy) is 2. The average molecular weight is 380 g/mol. The maximum atomic E-state index is 13.2. The van der Waals surface area contributed by atoms with E-state index >= 15 is 0 Å². The van der Waals surface area contributed by atoms with Gasteiger partial charge < -0.3 is 20.1 Å². The minimum absolute atomic E-state index is 0.0561. The fourth-order valence-corrected chi connectivity index (χ4v) is 3.59. The summed E-state index contributed by atoms with van der Waals surface area (Å²) in [5.74, 6) is 0.380. The molecule has 2 aliphatic rings. The van der Waals surface area contributed by atoms with Crippen LogP contribution in [0.15, 0.2) is 54.6 Å². The van der Waals surface area contributed by atoms with E-state index in [4.69, 9.17) is 15.2 Å². The third-order valence-electron chi connectivity index (χ3n) is 5.19. The number of benzene rings is 2. The van der Waals surface area contributed by atoms with Crippen LogP contribution in [-0.2, 0) is 9.53 Å². The standard InChI is InChI=1S/C22H24N2O4/c23-21(25)14-27-18-8-4-7-17(11-18)22(26)24-12-19(15-5-2-1-3-6-15)28-20(13-24)16-9-10-16/h1-8,11,16,19-20H,9-10,12-14H2,(H2,23,25)/t19-,20+/m0/s1. The lowest BCUT2D eigenvalue weighted by molar-refractivity contribution is -0.119. The summed E-state index contributed by atoms with van der Waals surface area (Å²) in [7, 11) is 0. The number of rotatable bonds is 6. The molecule has 2 N–H and O–H groups in total. The number of hydrogen-bond donors (Lipinski definition) is 1. The molecule has 4 rings (SSSR count). The van der Waals surface area contributed by atoms with Gasteiger partial charge in [-0.1, -0.05) is 36.4 Å². The van der Waals surface area contributed by atoms with Gasteiger partial charge in [-0.05, 0) is 42.5 Å². The van der Waals surface area contributed by atoms with E-state index in [9.17, 15) is 9.59 Å². The molecule has 1 aliphatic carbocycles. The normalized spacial score (nSPS) is 21.9. The van der Waals surface area contributed by atoms with Gasteiger partial charge in [-0.25, -0.2) is 0 Å². The van der Waals surface area contributed by atoms with Crippen LogP contribution < -0.4 is 10.5 Å². The van der Waals surface area contributed by atoms with Gasteiger partial charge in [-0.2, -0.15) is 0 Å². The molecule has 0 unspecified atom stereocenters. The number of nitrogens with zero attached hydrogens (tertiary/aromatic N) is 1. The van der Waals surface area contributed by atoms with E-state index in [1.165, 1.54) is 0 Å². The lowest BCUT2D eigenvalue weighted by Gasteiger charge is -2.38. The maximum Gasteiger partial charge on any atom is 0.255 e. The minimum atomic E-state index is -0.553. The maximum absolute atomic E-state index is 13.2. The quantitative estimate of drug-likeness (QED) is 0.835. The van der Waals surface area contributed by atoms with Crippen molar-refractivity contribution in [1.29, 1.82) is 0 Å². The van der Waals surface area contributed by atoms with Crippen LogP contribution in [0.1, 0.15) is 34.9 Å². The summed E-state index contributed by atoms with van der Waals surface area (Å²) in [5, 5.41) is 0. The van der Waals surface area contributed by atoms with Crippen molar-refractivity contribution < 1.29 is 19.1 Å². The van der Waals surface area contributed by atoms with Crippen LogP contribution >= 0.6 is 0 Å². The molecule has 2 atom stereocenters. The first-order chi connectivity index (χ1) is 13.6. The zero-order valence-corrected chi connectivity index (χ0v) is 15.6. The fraction of sp³-hybridized carbons (Fsp3) is 0.364. The molecule has 2 fully saturated rings. The number of morpholine rings is 1. The Hall–Kier alpha value is -2.86. The van der Waals surface area contributed by atoms with Crippen molar-refractivity contribution in [2.24, 2.45) is 11.7 Å². The highest BCUT2D eigenvalue weighted by Crippen LogP contribution is 2.39.